The van der Waals surface area contributed by atoms with Crippen molar-refractivity contribution in [3.05, 3.63) is 74.9 Å². The summed E-state index contributed by atoms with van der Waals surface area (Å²) in [6.07, 6.45) is 2.59. The molecule has 1 aliphatic heterocycles. The van der Waals surface area contributed by atoms with Gasteiger partial charge in [-0.15, -0.1) is 0 Å². The highest BCUT2D eigenvalue weighted by molar-refractivity contribution is 9.10. The standard InChI is InChI=1S/C24H24BrNO5/c1-4-30-24(28)21-13(2)26-17-11-15(19-6-5-9-31-19)12-18(27)23(17)22(21)14-7-8-20(29-3)16(25)10-14/h5-10,15,22,26H,4,11-12H2,1-3H3. The molecule has 0 saturated heterocycles. The molecule has 4 rings (SSSR count). The van der Waals surface area contributed by atoms with Gasteiger partial charge in [-0.05, 0) is 66.0 Å². The number of carbonyl (C=O) groups is 2. The van der Waals surface area contributed by atoms with Crippen molar-refractivity contribution in [2.24, 2.45) is 0 Å². The molecule has 1 N–H and O–H groups in total. The Hall–Kier alpha value is -2.80. The number of rotatable bonds is 5. The lowest BCUT2D eigenvalue weighted by atomic mass is 9.72. The highest BCUT2D eigenvalue weighted by atomic mass is 79.9. The molecule has 2 heterocycles. The predicted octanol–water partition coefficient (Wildman–Crippen LogP) is 4.98. The van der Waals surface area contributed by atoms with Gasteiger partial charge in [0, 0.05) is 35.2 Å². The molecular formula is C24H24BrNO5. The summed E-state index contributed by atoms with van der Waals surface area (Å²) in [5.74, 6) is 0.510. The Morgan fingerprint density at radius 2 is 2.10 bits per heavy atom. The SMILES string of the molecule is CCOC(=O)C1=C(C)NC2=C(C(=O)CC(c3ccco3)C2)C1c1ccc(OC)c(Br)c1. The minimum absolute atomic E-state index is 0.00129. The van der Waals surface area contributed by atoms with Gasteiger partial charge in [0.15, 0.2) is 5.78 Å². The van der Waals surface area contributed by atoms with Crippen molar-refractivity contribution in [2.45, 2.75) is 38.5 Å². The number of carbonyl (C=O) groups excluding carboxylic acids is 2. The zero-order valence-electron chi connectivity index (χ0n) is 17.7. The quantitative estimate of drug-likeness (QED) is 0.602. The van der Waals surface area contributed by atoms with Crippen LogP contribution >= 0.6 is 15.9 Å². The van der Waals surface area contributed by atoms with Crippen molar-refractivity contribution in [3.8, 4) is 5.75 Å². The summed E-state index contributed by atoms with van der Waals surface area (Å²) in [5.41, 5.74) is 3.44. The Labute approximate surface area is 189 Å². The number of methoxy groups -OCH3 is 1. The molecule has 31 heavy (non-hydrogen) atoms. The summed E-state index contributed by atoms with van der Waals surface area (Å²) in [6, 6.07) is 9.36. The number of esters is 1. The minimum Gasteiger partial charge on any atom is -0.496 e. The second-order valence-corrected chi connectivity index (χ2v) is 8.50. The van der Waals surface area contributed by atoms with Gasteiger partial charge in [-0.3, -0.25) is 4.79 Å². The zero-order valence-corrected chi connectivity index (χ0v) is 19.2. The highest BCUT2D eigenvalue weighted by Gasteiger charge is 2.42. The lowest BCUT2D eigenvalue weighted by molar-refractivity contribution is -0.138. The Morgan fingerprint density at radius 1 is 1.29 bits per heavy atom. The van der Waals surface area contributed by atoms with Crippen molar-refractivity contribution < 1.29 is 23.5 Å². The van der Waals surface area contributed by atoms with E-state index in [0.717, 1.165) is 21.5 Å². The third-order valence-corrected chi connectivity index (χ3v) is 6.40. The van der Waals surface area contributed by atoms with Gasteiger partial charge in [-0.1, -0.05) is 6.07 Å². The summed E-state index contributed by atoms with van der Waals surface area (Å²) < 4.78 is 17.0. The largest absolute Gasteiger partial charge is 0.496 e. The first-order chi connectivity index (χ1) is 14.9. The van der Waals surface area contributed by atoms with Crippen LogP contribution in [-0.2, 0) is 14.3 Å². The molecule has 2 aliphatic rings. The molecule has 2 unspecified atom stereocenters. The Bertz CT molecular complexity index is 1080. The van der Waals surface area contributed by atoms with Crippen LogP contribution in [0.2, 0.25) is 0 Å². The van der Waals surface area contributed by atoms with Crippen LogP contribution in [0.5, 0.6) is 5.75 Å². The minimum atomic E-state index is -0.512. The van der Waals surface area contributed by atoms with E-state index in [2.05, 4.69) is 21.2 Å². The molecule has 0 radical (unpaired) electrons. The van der Waals surface area contributed by atoms with Crippen molar-refractivity contribution in [3.63, 3.8) is 0 Å². The number of ketones is 1. The Kier molecular flexibility index (Phi) is 6.05. The van der Waals surface area contributed by atoms with Gasteiger partial charge in [0.25, 0.3) is 0 Å². The molecule has 0 fully saturated rings. The number of halogens is 1. The molecule has 0 saturated carbocycles. The summed E-state index contributed by atoms with van der Waals surface area (Å²) >= 11 is 3.53. The fraction of sp³-hybridized carbons (Fsp3) is 0.333. The van der Waals surface area contributed by atoms with E-state index < -0.39 is 11.9 Å². The first kappa shape index (κ1) is 21.4. The van der Waals surface area contributed by atoms with E-state index in [1.54, 1.807) is 20.3 Å². The van der Waals surface area contributed by atoms with Crippen LogP contribution in [0.15, 0.2) is 68.0 Å². The number of ether oxygens (including phenoxy) is 2. The molecule has 7 heteroatoms. The van der Waals surface area contributed by atoms with Gasteiger partial charge in [-0.2, -0.15) is 0 Å². The maximum Gasteiger partial charge on any atom is 0.336 e. The first-order valence-electron chi connectivity index (χ1n) is 10.2. The van der Waals surface area contributed by atoms with E-state index in [4.69, 9.17) is 13.9 Å². The van der Waals surface area contributed by atoms with E-state index in [1.807, 2.05) is 37.3 Å². The number of hydrogen-bond donors (Lipinski definition) is 1. The topological polar surface area (TPSA) is 77.8 Å². The number of furan rings is 1. The van der Waals surface area contributed by atoms with Crippen LogP contribution in [0.1, 0.15) is 49.8 Å². The van der Waals surface area contributed by atoms with Gasteiger partial charge >= 0.3 is 5.97 Å². The fourth-order valence-corrected chi connectivity index (χ4v) is 5.00. The van der Waals surface area contributed by atoms with Crippen LogP contribution in [0.25, 0.3) is 0 Å². The van der Waals surface area contributed by atoms with Gasteiger partial charge in [0.1, 0.15) is 11.5 Å². The molecule has 162 valence electrons. The van der Waals surface area contributed by atoms with E-state index in [9.17, 15) is 9.59 Å². The van der Waals surface area contributed by atoms with Crippen LogP contribution in [-0.4, -0.2) is 25.5 Å². The number of benzene rings is 1. The predicted molar refractivity (Wildman–Crippen MR) is 119 cm³/mol. The normalized spacial score (nSPS) is 21.0. The van der Waals surface area contributed by atoms with Gasteiger partial charge in [0.2, 0.25) is 0 Å². The van der Waals surface area contributed by atoms with Crippen LogP contribution < -0.4 is 10.1 Å². The lowest BCUT2D eigenvalue weighted by Crippen LogP contribution is -2.36. The summed E-state index contributed by atoms with van der Waals surface area (Å²) in [6.45, 7) is 3.88. The van der Waals surface area contributed by atoms with Crippen molar-refractivity contribution in [1.29, 1.82) is 0 Å². The van der Waals surface area contributed by atoms with Gasteiger partial charge in [-0.25, -0.2) is 4.79 Å². The number of Topliss-reactive ketones (excluding diaryl/α,β-unsaturated/α-hetero) is 1. The van der Waals surface area contributed by atoms with E-state index >= 15 is 0 Å². The van der Waals surface area contributed by atoms with Crippen molar-refractivity contribution >= 4 is 27.7 Å². The first-order valence-corrected chi connectivity index (χ1v) is 11.0. The molecule has 1 aliphatic carbocycles. The Balaban J connectivity index is 1.83. The molecule has 2 aromatic rings. The van der Waals surface area contributed by atoms with E-state index in [1.165, 1.54) is 0 Å². The fourth-order valence-electron chi connectivity index (χ4n) is 4.44. The smallest absolute Gasteiger partial charge is 0.336 e. The molecule has 0 spiro atoms. The summed E-state index contributed by atoms with van der Waals surface area (Å²) in [5, 5.41) is 3.33. The van der Waals surface area contributed by atoms with Crippen molar-refractivity contribution in [1.82, 2.24) is 5.32 Å². The van der Waals surface area contributed by atoms with Crippen LogP contribution in [0.3, 0.4) is 0 Å². The monoisotopic (exact) mass is 485 g/mol. The molecule has 2 atom stereocenters. The Morgan fingerprint density at radius 3 is 2.74 bits per heavy atom. The second kappa shape index (κ2) is 8.75. The third-order valence-electron chi connectivity index (χ3n) is 5.78. The van der Waals surface area contributed by atoms with Gasteiger partial charge in [0.05, 0.1) is 30.0 Å². The lowest BCUT2D eigenvalue weighted by Gasteiger charge is -2.36. The maximum atomic E-state index is 13.4. The molecule has 1 aromatic heterocycles. The molecule has 6 nitrogen and oxygen atoms in total. The maximum absolute atomic E-state index is 13.4. The van der Waals surface area contributed by atoms with Crippen LogP contribution in [0, 0.1) is 0 Å². The highest BCUT2D eigenvalue weighted by Crippen LogP contribution is 2.46. The number of hydrogen-bond acceptors (Lipinski definition) is 6. The van der Waals surface area contributed by atoms with Crippen LogP contribution in [0.4, 0.5) is 0 Å². The number of allylic oxidation sites excluding steroid dienone is 3. The van der Waals surface area contributed by atoms with Crippen molar-refractivity contribution in [2.75, 3.05) is 13.7 Å². The molecule has 0 bridgehead atoms. The third kappa shape index (κ3) is 3.94. The summed E-state index contributed by atoms with van der Waals surface area (Å²) in [7, 11) is 1.60. The molecule has 1 aromatic carbocycles. The molecular weight excluding hydrogens is 462 g/mol. The van der Waals surface area contributed by atoms with Gasteiger partial charge < -0.3 is 19.2 Å². The zero-order chi connectivity index (χ0) is 22.1. The average molecular weight is 486 g/mol. The average Bonchev–Trinajstić information content (AvgIpc) is 3.27. The number of nitrogens with one attached hydrogen (secondary N) is 1. The number of dihydropyridines is 1. The van der Waals surface area contributed by atoms with E-state index in [-0.39, 0.29) is 18.3 Å². The molecule has 0 amide bonds. The second-order valence-electron chi connectivity index (χ2n) is 7.65. The summed E-state index contributed by atoms with van der Waals surface area (Å²) in [4.78, 5) is 26.3. The van der Waals surface area contributed by atoms with E-state index in [0.29, 0.717) is 35.4 Å².